The van der Waals surface area contributed by atoms with Gasteiger partial charge in [0.25, 0.3) is 5.91 Å². The molecule has 3 aromatic rings. The van der Waals surface area contributed by atoms with Crippen molar-refractivity contribution >= 4 is 22.8 Å². The van der Waals surface area contributed by atoms with Crippen LogP contribution in [-0.2, 0) is 15.7 Å². The molecule has 0 aliphatic heterocycles. The Morgan fingerprint density at radius 1 is 1.11 bits per heavy atom. The van der Waals surface area contributed by atoms with Gasteiger partial charge < -0.3 is 15.0 Å². The van der Waals surface area contributed by atoms with Gasteiger partial charge in [-0.1, -0.05) is 30.3 Å². The Labute approximate surface area is 158 Å². The van der Waals surface area contributed by atoms with Crippen LogP contribution in [0.1, 0.15) is 34.1 Å². The van der Waals surface area contributed by atoms with Gasteiger partial charge in [-0.15, -0.1) is 0 Å². The van der Waals surface area contributed by atoms with Crippen LogP contribution in [0.15, 0.2) is 54.6 Å². The third kappa shape index (κ3) is 4.33. The zero-order chi connectivity index (χ0) is 20.3. The van der Waals surface area contributed by atoms with E-state index in [4.69, 9.17) is 0 Å². The average Bonchev–Trinajstić information content (AvgIpc) is 3.11. The zero-order valence-corrected chi connectivity index (χ0v) is 14.8. The number of hydrogen-bond acceptors (Lipinski definition) is 3. The van der Waals surface area contributed by atoms with E-state index in [2.05, 4.69) is 15.0 Å². The smallest absolute Gasteiger partial charge is 0.416 e. The minimum absolute atomic E-state index is 0.214. The van der Waals surface area contributed by atoms with Gasteiger partial charge in [-0.3, -0.25) is 9.59 Å². The van der Waals surface area contributed by atoms with Crippen molar-refractivity contribution in [1.29, 1.82) is 0 Å². The molecule has 1 aromatic heterocycles. The Hall–Kier alpha value is -3.29. The number of amides is 1. The molecular weight excluding hydrogens is 373 g/mol. The van der Waals surface area contributed by atoms with Crippen molar-refractivity contribution < 1.29 is 27.5 Å². The van der Waals surface area contributed by atoms with Crippen molar-refractivity contribution in [2.45, 2.75) is 18.6 Å². The van der Waals surface area contributed by atoms with Crippen LogP contribution < -0.4 is 5.32 Å². The zero-order valence-electron chi connectivity index (χ0n) is 14.8. The number of benzene rings is 2. The maximum atomic E-state index is 12.8. The third-order valence-electron chi connectivity index (χ3n) is 4.32. The molecule has 1 unspecified atom stereocenters. The van der Waals surface area contributed by atoms with Crippen molar-refractivity contribution in [2.75, 3.05) is 7.11 Å². The Morgan fingerprint density at radius 3 is 2.39 bits per heavy atom. The van der Waals surface area contributed by atoms with Gasteiger partial charge in [0.15, 0.2) is 0 Å². The van der Waals surface area contributed by atoms with Gasteiger partial charge in [0.1, 0.15) is 5.69 Å². The molecule has 1 heterocycles. The summed E-state index contributed by atoms with van der Waals surface area (Å²) in [6.45, 7) is 0. The summed E-state index contributed by atoms with van der Waals surface area (Å²) in [6.07, 6.45) is -4.68. The van der Waals surface area contributed by atoms with E-state index in [1.807, 2.05) is 24.3 Å². The molecule has 2 aromatic carbocycles. The highest BCUT2D eigenvalue weighted by Gasteiger charge is 2.30. The summed E-state index contributed by atoms with van der Waals surface area (Å²) < 4.78 is 42.9. The van der Waals surface area contributed by atoms with Crippen LogP contribution in [0.25, 0.3) is 10.9 Å². The van der Waals surface area contributed by atoms with Crippen LogP contribution in [0.2, 0.25) is 0 Å². The van der Waals surface area contributed by atoms with E-state index in [0.29, 0.717) is 5.56 Å². The first-order valence-electron chi connectivity index (χ1n) is 8.40. The summed E-state index contributed by atoms with van der Waals surface area (Å²) in [5, 5.41) is 3.52. The summed E-state index contributed by atoms with van der Waals surface area (Å²) >= 11 is 0. The number of ether oxygens (including phenoxy) is 1. The van der Waals surface area contributed by atoms with E-state index >= 15 is 0 Å². The Kier molecular flexibility index (Phi) is 5.39. The van der Waals surface area contributed by atoms with Crippen LogP contribution >= 0.6 is 0 Å². The first-order valence-corrected chi connectivity index (χ1v) is 8.40. The van der Waals surface area contributed by atoms with Crippen molar-refractivity contribution in [3.8, 4) is 0 Å². The Morgan fingerprint density at radius 2 is 1.79 bits per heavy atom. The van der Waals surface area contributed by atoms with Gasteiger partial charge in [0.2, 0.25) is 0 Å². The quantitative estimate of drug-likeness (QED) is 0.641. The largest absolute Gasteiger partial charge is 0.469 e. The lowest BCUT2D eigenvalue weighted by Gasteiger charge is -2.18. The molecule has 28 heavy (non-hydrogen) atoms. The number of esters is 1. The number of methoxy groups -OCH3 is 1. The molecule has 3 rings (SSSR count). The fraction of sp³-hybridized carbons (Fsp3) is 0.200. The summed E-state index contributed by atoms with van der Waals surface area (Å²) in [4.78, 5) is 27.3. The van der Waals surface area contributed by atoms with Crippen LogP contribution in [0.5, 0.6) is 0 Å². The second-order valence-corrected chi connectivity index (χ2v) is 6.20. The van der Waals surface area contributed by atoms with Gasteiger partial charge in [-0.2, -0.15) is 13.2 Å². The van der Waals surface area contributed by atoms with Gasteiger partial charge in [-0.25, -0.2) is 0 Å². The number of para-hydroxylation sites is 1. The first-order chi connectivity index (χ1) is 13.3. The number of aromatic nitrogens is 1. The number of halogens is 3. The molecule has 0 radical (unpaired) electrons. The molecule has 0 spiro atoms. The number of H-pyrrole nitrogens is 1. The van der Waals surface area contributed by atoms with Crippen LogP contribution in [-0.4, -0.2) is 24.0 Å². The highest BCUT2D eigenvalue weighted by Crippen LogP contribution is 2.30. The Balaban J connectivity index is 1.85. The lowest BCUT2D eigenvalue weighted by atomic mass is 10.0. The monoisotopic (exact) mass is 390 g/mol. The van der Waals surface area contributed by atoms with Gasteiger partial charge >= 0.3 is 12.1 Å². The van der Waals surface area contributed by atoms with Crippen molar-refractivity contribution in [3.63, 3.8) is 0 Å². The van der Waals surface area contributed by atoms with Gasteiger partial charge in [-0.05, 0) is 29.8 Å². The number of rotatable bonds is 5. The maximum absolute atomic E-state index is 12.8. The van der Waals surface area contributed by atoms with Crippen LogP contribution in [0.3, 0.4) is 0 Å². The molecule has 0 fully saturated rings. The molecule has 0 saturated carbocycles. The number of nitrogens with one attached hydrogen (secondary N) is 2. The normalized spacial score (nSPS) is 12.6. The van der Waals surface area contributed by atoms with Crippen LogP contribution in [0, 0.1) is 0 Å². The fourth-order valence-electron chi connectivity index (χ4n) is 2.84. The average molecular weight is 390 g/mol. The second kappa shape index (κ2) is 7.75. The summed E-state index contributed by atoms with van der Waals surface area (Å²) in [6, 6.07) is 12.4. The molecule has 1 atom stereocenters. The molecule has 1 amide bonds. The van der Waals surface area contributed by atoms with E-state index in [1.165, 1.54) is 19.2 Å². The van der Waals surface area contributed by atoms with E-state index in [1.54, 1.807) is 6.07 Å². The number of carbonyl (C=O) groups excluding carboxylic acids is 2. The van der Waals surface area contributed by atoms with Crippen molar-refractivity contribution in [3.05, 3.63) is 71.4 Å². The molecule has 0 aliphatic rings. The molecule has 0 aliphatic carbocycles. The standard InChI is InChI=1S/C20H17F3N2O3/c1-28-18(26)11-16(12-6-8-14(9-7-12)20(21,22)23)25-19(27)17-10-13-4-2-3-5-15(13)24-17/h2-10,16,24H,11H2,1H3,(H,25,27). The summed E-state index contributed by atoms with van der Waals surface area (Å²) in [5.41, 5.74) is 0.604. The summed E-state index contributed by atoms with van der Waals surface area (Å²) in [7, 11) is 1.20. The molecule has 5 nitrogen and oxygen atoms in total. The lowest BCUT2D eigenvalue weighted by Crippen LogP contribution is -2.30. The second-order valence-electron chi connectivity index (χ2n) is 6.20. The van der Waals surface area contributed by atoms with Gasteiger partial charge in [0, 0.05) is 10.9 Å². The van der Waals surface area contributed by atoms with E-state index < -0.39 is 29.7 Å². The highest BCUT2D eigenvalue weighted by atomic mass is 19.4. The number of carbonyl (C=O) groups is 2. The molecule has 0 bridgehead atoms. The van der Waals surface area contributed by atoms with E-state index in [-0.39, 0.29) is 12.1 Å². The molecule has 2 N–H and O–H groups in total. The predicted octanol–water partition coefficient (Wildman–Crippen LogP) is 4.22. The molecular formula is C20H17F3N2O3. The number of hydrogen-bond donors (Lipinski definition) is 2. The topological polar surface area (TPSA) is 71.2 Å². The van der Waals surface area contributed by atoms with Crippen LogP contribution in [0.4, 0.5) is 13.2 Å². The first kappa shape index (κ1) is 19.5. The third-order valence-corrected chi connectivity index (χ3v) is 4.32. The van der Waals surface area contributed by atoms with E-state index in [0.717, 1.165) is 23.0 Å². The molecule has 8 heteroatoms. The number of aromatic amines is 1. The summed E-state index contributed by atoms with van der Waals surface area (Å²) in [5.74, 6) is -1.08. The fourth-order valence-corrected chi connectivity index (χ4v) is 2.84. The van der Waals surface area contributed by atoms with Crippen molar-refractivity contribution in [1.82, 2.24) is 10.3 Å². The maximum Gasteiger partial charge on any atom is 0.416 e. The van der Waals surface area contributed by atoms with E-state index in [9.17, 15) is 22.8 Å². The lowest BCUT2D eigenvalue weighted by molar-refractivity contribution is -0.141. The highest BCUT2D eigenvalue weighted by molar-refractivity contribution is 5.98. The minimum Gasteiger partial charge on any atom is -0.469 e. The van der Waals surface area contributed by atoms with Gasteiger partial charge in [0.05, 0.1) is 25.1 Å². The Bertz CT molecular complexity index is 961. The molecule has 146 valence electrons. The SMILES string of the molecule is COC(=O)CC(NC(=O)c1cc2ccccc2[nH]1)c1ccc(C(F)(F)F)cc1. The number of fused-ring (bicyclic) bond motifs is 1. The predicted molar refractivity (Wildman–Crippen MR) is 96.6 cm³/mol. The minimum atomic E-state index is -4.47. The molecule has 0 saturated heterocycles. The number of alkyl halides is 3. The van der Waals surface area contributed by atoms with Crippen molar-refractivity contribution in [2.24, 2.45) is 0 Å².